The minimum atomic E-state index is 0.127. The van der Waals surface area contributed by atoms with Gasteiger partial charge in [-0.05, 0) is 71.6 Å². The lowest BCUT2D eigenvalue weighted by molar-refractivity contribution is 0.442. The Morgan fingerprint density at radius 2 is 1.96 bits per heavy atom. The lowest BCUT2D eigenvalue weighted by Gasteiger charge is -2.32. The van der Waals surface area contributed by atoms with Crippen molar-refractivity contribution in [3.8, 4) is 0 Å². The number of hydrogen-bond donors (Lipinski definition) is 0. The Labute approximate surface area is 170 Å². The Balaban J connectivity index is 1.79. The normalized spacial score (nSPS) is 22.1. The zero-order valence-corrected chi connectivity index (χ0v) is 17.6. The third-order valence-corrected chi connectivity index (χ3v) is 6.83. The second-order valence-electron chi connectivity index (χ2n) is 8.79. The van der Waals surface area contributed by atoms with Crippen LogP contribution in [0.1, 0.15) is 50.8 Å². The molecule has 1 aliphatic carbocycles. The van der Waals surface area contributed by atoms with Crippen LogP contribution in [-0.4, -0.2) is 6.54 Å². The molecule has 2 aliphatic rings. The van der Waals surface area contributed by atoms with E-state index in [-0.39, 0.29) is 5.41 Å². The van der Waals surface area contributed by atoms with Crippen molar-refractivity contribution in [2.75, 3.05) is 11.4 Å². The molecule has 0 radical (unpaired) electrons. The molecule has 4 rings (SSSR count). The first-order valence-electron chi connectivity index (χ1n) is 10.4. The van der Waals surface area contributed by atoms with Crippen LogP contribution in [0.25, 0.3) is 5.57 Å². The van der Waals surface area contributed by atoms with Gasteiger partial charge in [0.05, 0.1) is 0 Å². The van der Waals surface area contributed by atoms with E-state index < -0.39 is 0 Å². The van der Waals surface area contributed by atoms with Gasteiger partial charge >= 0.3 is 0 Å². The number of anilines is 2. The van der Waals surface area contributed by atoms with Crippen molar-refractivity contribution in [2.45, 2.75) is 46.0 Å². The minimum absolute atomic E-state index is 0.127. The van der Waals surface area contributed by atoms with Gasteiger partial charge in [0.25, 0.3) is 0 Å². The third kappa shape index (κ3) is 3.03. The van der Waals surface area contributed by atoms with Gasteiger partial charge in [-0.1, -0.05) is 75.4 Å². The number of nitrogens with zero attached hydrogens (tertiary/aromatic N) is 1. The molecule has 1 nitrogen and oxygen atoms in total. The van der Waals surface area contributed by atoms with E-state index in [9.17, 15) is 0 Å². The van der Waals surface area contributed by atoms with Crippen molar-refractivity contribution in [1.82, 2.24) is 0 Å². The lowest BCUT2D eigenvalue weighted by Crippen LogP contribution is -2.25. The molecule has 2 aromatic carbocycles. The van der Waals surface area contributed by atoms with E-state index in [1.54, 1.807) is 0 Å². The molecule has 0 saturated heterocycles. The number of allylic oxidation sites excluding steroid dienone is 5. The molecule has 0 fully saturated rings. The van der Waals surface area contributed by atoms with Gasteiger partial charge in [0.15, 0.2) is 0 Å². The number of rotatable bonds is 3. The fourth-order valence-corrected chi connectivity index (χ4v) is 4.67. The summed E-state index contributed by atoms with van der Waals surface area (Å²) in [6.45, 7) is 14.2. The van der Waals surface area contributed by atoms with Crippen LogP contribution in [0.15, 0.2) is 72.8 Å². The molecule has 0 bridgehead atoms. The van der Waals surface area contributed by atoms with E-state index in [1.165, 1.54) is 52.1 Å². The minimum Gasteiger partial charge on any atom is -0.341 e. The molecule has 1 heterocycles. The molecule has 144 valence electrons. The van der Waals surface area contributed by atoms with Gasteiger partial charge in [-0.25, -0.2) is 0 Å². The van der Waals surface area contributed by atoms with Crippen molar-refractivity contribution in [3.63, 3.8) is 0 Å². The zero-order chi connectivity index (χ0) is 19.9. The number of para-hydroxylation sites is 1. The summed E-state index contributed by atoms with van der Waals surface area (Å²) in [6.07, 6.45) is 8.80. The van der Waals surface area contributed by atoms with Crippen molar-refractivity contribution in [2.24, 2.45) is 5.92 Å². The molecule has 1 heteroatoms. The quantitative estimate of drug-likeness (QED) is 0.516. The van der Waals surface area contributed by atoms with E-state index in [1.807, 2.05) is 6.08 Å². The average molecular weight is 370 g/mol. The highest BCUT2D eigenvalue weighted by atomic mass is 15.1. The van der Waals surface area contributed by atoms with Crippen LogP contribution in [-0.2, 0) is 11.8 Å². The number of fused-ring (bicyclic) bond motifs is 2. The van der Waals surface area contributed by atoms with E-state index in [4.69, 9.17) is 0 Å². The van der Waals surface area contributed by atoms with Crippen molar-refractivity contribution in [1.29, 1.82) is 0 Å². The summed E-state index contributed by atoms with van der Waals surface area (Å²) in [4.78, 5) is 2.50. The van der Waals surface area contributed by atoms with E-state index >= 15 is 0 Å². The standard InChI is InChI=1S/C27H31N/c1-6-19(2)13-15-23-20(3)27(4,5)25-18-22(14-16-24(23)25)28-17-9-11-21-10-7-8-12-26(21)28/h6-8,10,12-16,18,20H,1,9,11,17H2,2-5H3. The molecule has 1 aliphatic heterocycles. The van der Waals surface area contributed by atoms with Crippen LogP contribution in [0.3, 0.4) is 0 Å². The smallest absolute Gasteiger partial charge is 0.0443 e. The van der Waals surface area contributed by atoms with E-state index in [2.05, 4.69) is 93.8 Å². The zero-order valence-electron chi connectivity index (χ0n) is 17.6. The van der Waals surface area contributed by atoms with Gasteiger partial charge in [0.1, 0.15) is 0 Å². The van der Waals surface area contributed by atoms with Crippen LogP contribution >= 0.6 is 0 Å². The van der Waals surface area contributed by atoms with Crippen LogP contribution in [0, 0.1) is 5.92 Å². The maximum absolute atomic E-state index is 3.88. The first kappa shape index (κ1) is 18.8. The van der Waals surface area contributed by atoms with Gasteiger partial charge in [-0.2, -0.15) is 0 Å². The Kier molecular flexibility index (Phi) is 4.79. The second kappa shape index (κ2) is 7.13. The Hall–Kier alpha value is -2.54. The van der Waals surface area contributed by atoms with Crippen molar-refractivity contribution in [3.05, 3.63) is 89.5 Å². The molecule has 0 amide bonds. The molecule has 1 unspecified atom stereocenters. The Morgan fingerprint density at radius 3 is 2.75 bits per heavy atom. The molecular weight excluding hydrogens is 338 g/mol. The highest BCUT2D eigenvalue weighted by Gasteiger charge is 2.40. The topological polar surface area (TPSA) is 3.24 Å². The molecule has 2 aromatic rings. The van der Waals surface area contributed by atoms with Crippen LogP contribution in [0.2, 0.25) is 0 Å². The van der Waals surface area contributed by atoms with Crippen LogP contribution < -0.4 is 4.90 Å². The van der Waals surface area contributed by atoms with Crippen LogP contribution in [0.5, 0.6) is 0 Å². The monoisotopic (exact) mass is 369 g/mol. The van der Waals surface area contributed by atoms with Gasteiger partial charge < -0.3 is 4.90 Å². The molecule has 0 N–H and O–H groups in total. The van der Waals surface area contributed by atoms with E-state index in [0.29, 0.717) is 5.92 Å². The molecule has 0 aromatic heterocycles. The third-order valence-electron chi connectivity index (χ3n) is 6.83. The molecule has 28 heavy (non-hydrogen) atoms. The Morgan fingerprint density at radius 1 is 1.18 bits per heavy atom. The van der Waals surface area contributed by atoms with Crippen LogP contribution in [0.4, 0.5) is 11.4 Å². The fourth-order valence-electron chi connectivity index (χ4n) is 4.67. The highest BCUT2D eigenvalue weighted by molar-refractivity contribution is 5.81. The molecular formula is C27H31N. The summed E-state index contributed by atoms with van der Waals surface area (Å²) in [5.74, 6) is 0.486. The maximum Gasteiger partial charge on any atom is 0.0443 e. The van der Waals surface area contributed by atoms with Gasteiger partial charge in [-0.3, -0.25) is 0 Å². The van der Waals surface area contributed by atoms with Crippen molar-refractivity contribution < 1.29 is 0 Å². The SMILES string of the molecule is C=CC(C)=CC=C1c2ccc(N3CCCc4ccccc43)cc2C(C)(C)C1C. The first-order chi connectivity index (χ1) is 13.4. The first-order valence-corrected chi connectivity index (χ1v) is 10.4. The maximum atomic E-state index is 3.88. The molecule has 1 atom stereocenters. The average Bonchev–Trinajstić information content (AvgIpc) is 2.91. The van der Waals surface area contributed by atoms with Gasteiger partial charge in [0, 0.05) is 17.9 Å². The summed E-state index contributed by atoms with van der Waals surface area (Å²) in [7, 11) is 0. The predicted octanol–water partition coefficient (Wildman–Crippen LogP) is 7.21. The number of aryl methyl sites for hydroxylation is 1. The fraction of sp³-hybridized carbons (Fsp3) is 0.333. The largest absolute Gasteiger partial charge is 0.341 e. The van der Waals surface area contributed by atoms with E-state index in [0.717, 1.165) is 6.54 Å². The highest BCUT2D eigenvalue weighted by Crippen LogP contribution is 2.51. The summed E-state index contributed by atoms with van der Waals surface area (Å²) in [5, 5.41) is 0. The molecule has 0 spiro atoms. The van der Waals surface area contributed by atoms with Crippen molar-refractivity contribution >= 4 is 16.9 Å². The summed E-state index contributed by atoms with van der Waals surface area (Å²) in [6, 6.07) is 16.0. The lowest BCUT2D eigenvalue weighted by atomic mass is 9.78. The Bertz CT molecular complexity index is 974. The predicted molar refractivity (Wildman–Crippen MR) is 122 cm³/mol. The summed E-state index contributed by atoms with van der Waals surface area (Å²) >= 11 is 0. The van der Waals surface area contributed by atoms with Gasteiger partial charge in [0.2, 0.25) is 0 Å². The second-order valence-corrected chi connectivity index (χ2v) is 8.79. The number of hydrogen-bond acceptors (Lipinski definition) is 1. The number of benzene rings is 2. The summed E-state index contributed by atoms with van der Waals surface area (Å²) < 4.78 is 0. The summed E-state index contributed by atoms with van der Waals surface area (Å²) in [5.41, 5.74) is 9.80. The van der Waals surface area contributed by atoms with Gasteiger partial charge in [-0.15, -0.1) is 0 Å². The molecule has 0 saturated carbocycles.